The van der Waals surface area contributed by atoms with Crippen molar-refractivity contribution < 1.29 is 9.47 Å². The molecule has 1 aliphatic heterocycles. The third kappa shape index (κ3) is 3.04. The Balaban J connectivity index is 1.76. The van der Waals surface area contributed by atoms with Crippen LogP contribution in [-0.2, 0) is 19.5 Å². The van der Waals surface area contributed by atoms with E-state index in [1.54, 1.807) is 14.2 Å². The number of aromatic nitrogens is 2. The molecular formula is C17H21N3O2. The minimum absolute atomic E-state index is 0.813. The normalized spacial score (nSPS) is 14.5. The fourth-order valence-electron chi connectivity index (χ4n) is 2.83. The molecule has 0 amide bonds. The summed E-state index contributed by atoms with van der Waals surface area (Å²) in [6.07, 6.45) is 2.92. The van der Waals surface area contributed by atoms with Gasteiger partial charge in [-0.3, -0.25) is 4.90 Å². The van der Waals surface area contributed by atoms with Gasteiger partial charge < -0.3 is 9.47 Å². The van der Waals surface area contributed by atoms with Gasteiger partial charge in [-0.1, -0.05) is 6.07 Å². The van der Waals surface area contributed by atoms with E-state index >= 15 is 0 Å². The number of benzene rings is 1. The third-order valence-electron chi connectivity index (χ3n) is 4.02. The molecule has 0 saturated carbocycles. The minimum Gasteiger partial charge on any atom is -0.497 e. The van der Waals surface area contributed by atoms with Crippen molar-refractivity contribution in [3.63, 3.8) is 0 Å². The van der Waals surface area contributed by atoms with Gasteiger partial charge in [-0.2, -0.15) is 0 Å². The quantitative estimate of drug-likeness (QED) is 0.867. The van der Waals surface area contributed by atoms with E-state index in [0.29, 0.717) is 0 Å². The molecule has 0 N–H and O–H groups in total. The van der Waals surface area contributed by atoms with Crippen LogP contribution in [0.5, 0.6) is 11.5 Å². The number of ether oxygens (including phenoxy) is 2. The first kappa shape index (κ1) is 14.8. The lowest BCUT2D eigenvalue weighted by molar-refractivity contribution is 0.238. The summed E-state index contributed by atoms with van der Waals surface area (Å²) < 4.78 is 10.7. The number of rotatable bonds is 4. The molecule has 0 fully saturated rings. The molecule has 0 spiro atoms. The van der Waals surface area contributed by atoms with Crippen LogP contribution in [0.25, 0.3) is 0 Å². The Bertz CT molecular complexity index is 673. The number of methoxy groups -OCH3 is 2. The number of fused-ring (bicyclic) bond motifs is 1. The molecule has 0 radical (unpaired) electrons. The highest BCUT2D eigenvalue weighted by molar-refractivity contribution is 5.40. The van der Waals surface area contributed by atoms with Gasteiger partial charge in [0.2, 0.25) is 0 Å². The second kappa shape index (κ2) is 6.32. The highest BCUT2D eigenvalue weighted by atomic mass is 16.5. The van der Waals surface area contributed by atoms with Crippen LogP contribution in [-0.4, -0.2) is 35.6 Å². The van der Waals surface area contributed by atoms with Crippen LogP contribution in [0.3, 0.4) is 0 Å². The molecule has 0 bridgehead atoms. The summed E-state index contributed by atoms with van der Waals surface area (Å²) in [5.74, 6) is 2.53. The lowest BCUT2D eigenvalue weighted by Crippen LogP contribution is -2.31. The van der Waals surface area contributed by atoms with Crippen molar-refractivity contribution in [1.82, 2.24) is 14.9 Å². The Labute approximate surface area is 130 Å². The maximum atomic E-state index is 5.48. The highest BCUT2D eigenvalue weighted by Gasteiger charge is 2.19. The molecular weight excluding hydrogens is 278 g/mol. The molecule has 3 rings (SSSR count). The topological polar surface area (TPSA) is 47.5 Å². The zero-order valence-corrected chi connectivity index (χ0v) is 13.3. The third-order valence-corrected chi connectivity index (χ3v) is 4.02. The van der Waals surface area contributed by atoms with E-state index in [9.17, 15) is 0 Å². The summed E-state index contributed by atoms with van der Waals surface area (Å²) in [7, 11) is 3.36. The van der Waals surface area contributed by atoms with Gasteiger partial charge in [-0.15, -0.1) is 0 Å². The van der Waals surface area contributed by atoms with Crippen LogP contribution in [0.1, 0.15) is 22.6 Å². The van der Waals surface area contributed by atoms with Crippen molar-refractivity contribution in [3.8, 4) is 11.5 Å². The zero-order valence-electron chi connectivity index (χ0n) is 13.3. The van der Waals surface area contributed by atoms with Gasteiger partial charge in [0.15, 0.2) is 0 Å². The molecule has 116 valence electrons. The number of hydrogen-bond donors (Lipinski definition) is 0. The van der Waals surface area contributed by atoms with E-state index in [0.717, 1.165) is 43.4 Å². The lowest BCUT2D eigenvalue weighted by atomic mass is 10.1. The first-order valence-electron chi connectivity index (χ1n) is 7.44. The summed E-state index contributed by atoms with van der Waals surface area (Å²) in [5, 5.41) is 0. The van der Waals surface area contributed by atoms with E-state index in [2.05, 4.69) is 20.9 Å². The highest BCUT2D eigenvalue weighted by Crippen LogP contribution is 2.27. The Morgan fingerprint density at radius 3 is 2.86 bits per heavy atom. The van der Waals surface area contributed by atoms with E-state index in [-0.39, 0.29) is 0 Å². The van der Waals surface area contributed by atoms with E-state index in [4.69, 9.17) is 9.47 Å². The largest absolute Gasteiger partial charge is 0.497 e. The average Bonchev–Trinajstić information content (AvgIpc) is 2.55. The van der Waals surface area contributed by atoms with Crippen LogP contribution in [0.4, 0.5) is 0 Å². The van der Waals surface area contributed by atoms with Crippen LogP contribution in [0.2, 0.25) is 0 Å². The molecule has 1 aliphatic rings. The number of nitrogens with zero attached hydrogens (tertiary/aromatic N) is 3. The molecule has 2 heterocycles. The fraction of sp³-hybridized carbons (Fsp3) is 0.412. The van der Waals surface area contributed by atoms with Gasteiger partial charge in [-0.25, -0.2) is 9.97 Å². The first-order chi connectivity index (χ1) is 10.7. The molecule has 22 heavy (non-hydrogen) atoms. The molecule has 5 nitrogen and oxygen atoms in total. The van der Waals surface area contributed by atoms with Crippen molar-refractivity contribution in [2.75, 3.05) is 20.8 Å². The smallest absolute Gasteiger partial charge is 0.127 e. The van der Waals surface area contributed by atoms with Gasteiger partial charge >= 0.3 is 0 Å². The minimum atomic E-state index is 0.813. The molecule has 5 heteroatoms. The van der Waals surface area contributed by atoms with E-state index < -0.39 is 0 Å². The van der Waals surface area contributed by atoms with Crippen molar-refractivity contribution in [1.29, 1.82) is 0 Å². The van der Waals surface area contributed by atoms with Gasteiger partial charge in [0.25, 0.3) is 0 Å². The van der Waals surface area contributed by atoms with Gasteiger partial charge in [0, 0.05) is 55.1 Å². The predicted octanol–water partition coefficient (Wildman–Crippen LogP) is 2.36. The van der Waals surface area contributed by atoms with Crippen LogP contribution >= 0.6 is 0 Å². The summed E-state index contributed by atoms with van der Waals surface area (Å²) in [6.45, 7) is 4.67. The second-order valence-corrected chi connectivity index (χ2v) is 5.53. The average molecular weight is 299 g/mol. The maximum Gasteiger partial charge on any atom is 0.127 e. The van der Waals surface area contributed by atoms with Crippen LogP contribution in [0, 0.1) is 6.92 Å². The summed E-state index contributed by atoms with van der Waals surface area (Å²) >= 11 is 0. The monoisotopic (exact) mass is 299 g/mol. The summed E-state index contributed by atoms with van der Waals surface area (Å²) in [6, 6.07) is 5.97. The first-order valence-corrected chi connectivity index (χ1v) is 7.44. The molecule has 1 aromatic carbocycles. The Kier molecular flexibility index (Phi) is 4.24. The SMILES string of the molecule is COc1ccc(CN2CCc3nc(C)ncc3C2)c(OC)c1. The van der Waals surface area contributed by atoms with Crippen LogP contribution in [0.15, 0.2) is 24.4 Å². The standard InChI is InChI=1S/C17H21N3O2/c1-12-18-9-14-11-20(7-6-16(14)19-12)10-13-4-5-15(21-2)8-17(13)22-3/h4-5,8-9H,6-7,10-11H2,1-3H3. The predicted molar refractivity (Wildman–Crippen MR) is 84.1 cm³/mol. The Morgan fingerprint density at radius 2 is 2.09 bits per heavy atom. The molecule has 1 aromatic heterocycles. The molecule has 0 saturated heterocycles. The van der Waals surface area contributed by atoms with Gasteiger partial charge in [-0.05, 0) is 13.0 Å². The molecule has 0 atom stereocenters. The van der Waals surface area contributed by atoms with E-state index in [1.807, 2.05) is 25.3 Å². The maximum absolute atomic E-state index is 5.48. The van der Waals surface area contributed by atoms with Crippen molar-refractivity contribution in [3.05, 3.63) is 47.0 Å². The Morgan fingerprint density at radius 1 is 1.23 bits per heavy atom. The zero-order chi connectivity index (χ0) is 15.5. The second-order valence-electron chi connectivity index (χ2n) is 5.53. The van der Waals surface area contributed by atoms with Gasteiger partial charge in [0.05, 0.1) is 14.2 Å². The van der Waals surface area contributed by atoms with Gasteiger partial charge in [0.1, 0.15) is 17.3 Å². The number of hydrogen-bond acceptors (Lipinski definition) is 5. The van der Waals surface area contributed by atoms with Crippen molar-refractivity contribution >= 4 is 0 Å². The van der Waals surface area contributed by atoms with Crippen molar-refractivity contribution in [2.45, 2.75) is 26.4 Å². The lowest BCUT2D eigenvalue weighted by Gasteiger charge is -2.28. The molecule has 0 aliphatic carbocycles. The molecule has 2 aromatic rings. The Hall–Kier alpha value is -2.14. The summed E-state index contributed by atoms with van der Waals surface area (Å²) in [4.78, 5) is 11.2. The van der Waals surface area contributed by atoms with Crippen LogP contribution < -0.4 is 9.47 Å². The summed E-state index contributed by atoms with van der Waals surface area (Å²) in [5.41, 5.74) is 3.58. The number of aryl methyl sites for hydroxylation is 1. The fourth-order valence-corrected chi connectivity index (χ4v) is 2.83. The van der Waals surface area contributed by atoms with E-state index in [1.165, 1.54) is 16.8 Å². The molecule has 0 unspecified atom stereocenters. The van der Waals surface area contributed by atoms with Crippen molar-refractivity contribution in [2.24, 2.45) is 0 Å².